The number of sulfonamides is 1. The first kappa shape index (κ1) is 19.1. The molecule has 2 aromatic carbocycles. The van der Waals surface area contributed by atoms with Crippen LogP contribution in [0.5, 0.6) is 0 Å². The number of fused-ring (bicyclic) bond motifs is 1. The molecule has 2 aromatic rings. The monoisotopic (exact) mass is 412 g/mol. The fraction of sp³-hybridized carbons (Fsp3) is 0.250. The summed E-state index contributed by atoms with van der Waals surface area (Å²) in [5.74, 6) is -0.233. The largest absolute Gasteiger partial charge is 0.322 e. The number of hydrogen-bond acceptors (Lipinski definition) is 5. The number of rotatable bonds is 4. The van der Waals surface area contributed by atoms with Gasteiger partial charge in [-0.3, -0.25) is 19.3 Å². The molecule has 0 aromatic heterocycles. The van der Waals surface area contributed by atoms with E-state index in [1.807, 2.05) is 6.07 Å². The predicted octanol–water partition coefficient (Wildman–Crippen LogP) is 1.88. The SMILES string of the molecule is C[C@H](N=C1NS(=O)(=O)c2ccccc21)C(=O)Nc1ccccc1N1CCCC1=O. The van der Waals surface area contributed by atoms with E-state index in [9.17, 15) is 18.0 Å². The number of benzene rings is 2. The zero-order chi connectivity index (χ0) is 20.6. The molecule has 1 atom stereocenters. The molecule has 9 heteroatoms. The maximum Gasteiger partial charge on any atom is 0.263 e. The van der Waals surface area contributed by atoms with Gasteiger partial charge in [0.25, 0.3) is 10.0 Å². The smallest absolute Gasteiger partial charge is 0.263 e. The first-order valence-electron chi connectivity index (χ1n) is 9.27. The zero-order valence-electron chi connectivity index (χ0n) is 15.8. The molecule has 0 unspecified atom stereocenters. The number of nitrogens with zero attached hydrogens (tertiary/aromatic N) is 2. The molecule has 4 rings (SSSR count). The lowest BCUT2D eigenvalue weighted by molar-refractivity contribution is -0.118. The van der Waals surface area contributed by atoms with Crippen LogP contribution in [0.2, 0.25) is 0 Å². The second-order valence-electron chi connectivity index (χ2n) is 6.91. The molecule has 2 heterocycles. The number of carbonyl (C=O) groups excluding carboxylic acids is 2. The number of para-hydroxylation sites is 2. The molecule has 0 radical (unpaired) electrons. The van der Waals surface area contributed by atoms with Crippen molar-refractivity contribution in [3.8, 4) is 0 Å². The Morgan fingerprint density at radius 3 is 2.66 bits per heavy atom. The van der Waals surface area contributed by atoms with Crippen LogP contribution in [0, 0.1) is 0 Å². The molecule has 0 spiro atoms. The molecule has 150 valence electrons. The molecule has 2 N–H and O–H groups in total. The summed E-state index contributed by atoms with van der Waals surface area (Å²) in [4.78, 5) is 30.9. The van der Waals surface area contributed by atoms with E-state index in [0.717, 1.165) is 6.42 Å². The first-order chi connectivity index (χ1) is 13.9. The Hall–Kier alpha value is -3.20. The third-order valence-electron chi connectivity index (χ3n) is 4.89. The summed E-state index contributed by atoms with van der Waals surface area (Å²) < 4.78 is 26.8. The molecule has 0 aliphatic carbocycles. The first-order valence-corrected chi connectivity index (χ1v) is 10.8. The molecule has 1 saturated heterocycles. The maximum absolute atomic E-state index is 12.7. The summed E-state index contributed by atoms with van der Waals surface area (Å²) >= 11 is 0. The van der Waals surface area contributed by atoms with Gasteiger partial charge in [0.2, 0.25) is 11.8 Å². The van der Waals surface area contributed by atoms with Crippen molar-refractivity contribution in [3.63, 3.8) is 0 Å². The summed E-state index contributed by atoms with van der Waals surface area (Å²) in [5, 5.41) is 2.81. The Labute approximate surface area is 168 Å². The second-order valence-corrected chi connectivity index (χ2v) is 8.56. The predicted molar refractivity (Wildman–Crippen MR) is 109 cm³/mol. The third kappa shape index (κ3) is 3.61. The van der Waals surface area contributed by atoms with E-state index in [1.54, 1.807) is 48.2 Å². The summed E-state index contributed by atoms with van der Waals surface area (Å²) in [6, 6.07) is 12.7. The Morgan fingerprint density at radius 1 is 1.17 bits per heavy atom. The van der Waals surface area contributed by atoms with E-state index >= 15 is 0 Å². The number of amidine groups is 1. The molecule has 2 aliphatic rings. The van der Waals surface area contributed by atoms with Crippen LogP contribution in [0.25, 0.3) is 0 Å². The zero-order valence-corrected chi connectivity index (χ0v) is 16.6. The van der Waals surface area contributed by atoms with Gasteiger partial charge in [0, 0.05) is 18.5 Å². The van der Waals surface area contributed by atoms with Crippen molar-refractivity contribution in [2.24, 2.45) is 4.99 Å². The van der Waals surface area contributed by atoms with Crippen molar-refractivity contribution < 1.29 is 18.0 Å². The average molecular weight is 412 g/mol. The summed E-state index contributed by atoms with van der Waals surface area (Å²) in [6.07, 6.45) is 1.27. The van der Waals surface area contributed by atoms with Crippen LogP contribution in [0.15, 0.2) is 58.4 Å². The van der Waals surface area contributed by atoms with Gasteiger partial charge in [-0.25, -0.2) is 8.42 Å². The minimum atomic E-state index is -3.67. The lowest BCUT2D eigenvalue weighted by Crippen LogP contribution is -2.30. The van der Waals surface area contributed by atoms with Gasteiger partial charge in [-0.2, -0.15) is 0 Å². The van der Waals surface area contributed by atoms with Gasteiger partial charge in [-0.05, 0) is 37.6 Å². The molecule has 2 aliphatic heterocycles. The summed E-state index contributed by atoms with van der Waals surface area (Å²) in [5.41, 5.74) is 1.61. The van der Waals surface area contributed by atoms with Crippen molar-refractivity contribution in [3.05, 3.63) is 54.1 Å². The number of aliphatic imine (C=N–C) groups is 1. The van der Waals surface area contributed by atoms with Crippen LogP contribution < -0.4 is 14.9 Å². The Bertz CT molecular complexity index is 1130. The van der Waals surface area contributed by atoms with Crippen LogP contribution in [0.3, 0.4) is 0 Å². The molecule has 0 bridgehead atoms. The fourth-order valence-corrected chi connectivity index (χ4v) is 4.68. The van der Waals surface area contributed by atoms with Crippen molar-refractivity contribution in [2.45, 2.75) is 30.7 Å². The highest BCUT2D eigenvalue weighted by Crippen LogP contribution is 2.29. The normalized spacial score (nSPS) is 19.7. The van der Waals surface area contributed by atoms with Crippen molar-refractivity contribution in [1.82, 2.24) is 4.72 Å². The molecular weight excluding hydrogens is 392 g/mol. The quantitative estimate of drug-likeness (QED) is 0.799. The van der Waals surface area contributed by atoms with E-state index in [1.165, 1.54) is 6.07 Å². The molecule has 8 nitrogen and oxygen atoms in total. The van der Waals surface area contributed by atoms with E-state index in [4.69, 9.17) is 0 Å². The molecular formula is C20H20N4O4S. The topological polar surface area (TPSA) is 108 Å². The second kappa shape index (κ2) is 7.32. The Kier molecular flexibility index (Phi) is 4.83. The van der Waals surface area contributed by atoms with Crippen molar-refractivity contribution in [2.75, 3.05) is 16.8 Å². The van der Waals surface area contributed by atoms with Crippen molar-refractivity contribution >= 4 is 39.0 Å². The molecule has 0 saturated carbocycles. The van der Waals surface area contributed by atoms with Gasteiger partial charge < -0.3 is 10.2 Å². The van der Waals surface area contributed by atoms with Gasteiger partial charge in [0.15, 0.2) is 0 Å². The highest BCUT2D eigenvalue weighted by Gasteiger charge is 2.31. The number of nitrogens with one attached hydrogen (secondary N) is 2. The summed E-state index contributed by atoms with van der Waals surface area (Å²) in [6.45, 7) is 2.20. The lowest BCUT2D eigenvalue weighted by Gasteiger charge is -2.20. The van der Waals surface area contributed by atoms with Gasteiger partial charge in [0.1, 0.15) is 11.9 Å². The number of hydrogen-bond donors (Lipinski definition) is 2. The Balaban J connectivity index is 1.57. The van der Waals surface area contributed by atoms with Gasteiger partial charge >= 0.3 is 0 Å². The number of anilines is 2. The van der Waals surface area contributed by atoms with E-state index in [0.29, 0.717) is 29.9 Å². The minimum absolute atomic E-state index is 0.0250. The third-order valence-corrected chi connectivity index (χ3v) is 6.29. The van der Waals surface area contributed by atoms with Gasteiger partial charge in [0.05, 0.1) is 16.3 Å². The standard InChI is InChI=1S/C20H20N4O4S/c1-13(21-19-14-7-2-5-10-17(14)29(27,28)23-19)20(26)22-15-8-3-4-9-16(15)24-12-6-11-18(24)25/h2-5,7-10,13H,6,11-12H2,1H3,(H,21,23)(H,22,26)/t13-/m0/s1. The van der Waals surface area contributed by atoms with Crippen LogP contribution >= 0.6 is 0 Å². The van der Waals surface area contributed by atoms with E-state index < -0.39 is 22.0 Å². The van der Waals surface area contributed by atoms with Gasteiger partial charge in [-0.1, -0.05) is 24.3 Å². The highest BCUT2D eigenvalue weighted by atomic mass is 32.2. The molecule has 1 fully saturated rings. The van der Waals surface area contributed by atoms with Crippen LogP contribution in [0.4, 0.5) is 11.4 Å². The van der Waals surface area contributed by atoms with Gasteiger partial charge in [-0.15, -0.1) is 0 Å². The molecule has 29 heavy (non-hydrogen) atoms. The summed E-state index contributed by atoms with van der Waals surface area (Å²) in [7, 11) is -3.67. The minimum Gasteiger partial charge on any atom is -0.322 e. The fourth-order valence-electron chi connectivity index (χ4n) is 3.44. The lowest BCUT2D eigenvalue weighted by atomic mass is 10.2. The van der Waals surface area contributed by atoms with E-state index in [2.05, 4.69) is 15.0 Å². The van der Waals surface area contributed by atoms with Crippen molar-refractivity contribution in [1.29, 1.82) is 0 Å². The van der Waals surface area contributed by atoms with E-state index in [-0.39, 0.29) is 16.6 Å². The number of amides is 2. The van der Waals surface area contributed by atoms with Crippen LogP contribution in [-0.4, -0.2) is 38.7 Å². The maximum atomic E-state index is 12.7. The Morgan fingerprint density at radius 2 is 1.90 bits per heavy atom. The van der Waals surface area contributed by atoms with Crippen LogP contribution in [0.1, 0.15) is 25.3 Å². The number of carbonyl (C=O) groups is 2. The van der Waals surface area contributed by atoms with Crippen LogP contribution in [-0.2, 0) is 19.6 Å². The highest BCUT2D eigenvalue weighted by molar-refractivity contribution is 7.90. The molecule has 2 amide bonds. The average Bonchev–Trinajstić information content (AvgIpc) is 3.23.